The number of hydrogen-bond acceptors (Lipinski definition) is 4. The molecule has 0 saturated carbocycles. The molecule has 0 spiro atoms. The van der Waals surface area contributed by atoms with E-state index in [2.05, 4.69) is 15.8 Å². The zero-order valence-corrected chi connectivity index (χ0v) is 18.2. The average Bonchev–Trinajstić information content (AvgIpc) is 3.11. The number of amides is 2. The van der Waals surface area contributed by atoms with E-state index in [4.69, 9.17) is 4.42 Å². The summed E-state index contributed by atoms with van der Waals surface area (Å²) in [5, 5.41) is 7.15. The van der Waals surface area contributed by atoms with Gasteiger partial charge in [-0.15, -0.1) is 0 Å². The van der Waals surface area contributed by atoms with Crippen molar-refractivity contribution in [2.75, 3.05) is 5.32 Å². The molecule has 7 heteroatoms. The first-order chi connectivity index (χ1) is 15.3. The third-order valence-electron chi connectivity index (χ3n) is 5.57. The van der Waals surface area contributed by atoms with Crippen LogP contribution in [0.3, 0.4) is 0 Å². The molecule has 32 heavy (non-hydrogen) atoms. The van der Waals surface area contributed by atoms with Gasteiger partial charge in [0, 0.05) is 23.2 Å². The number of rotatable bonds is 4. The van der Waals surface area contributed by atoms with Crippen LogP contribution in [0, 0.1) is 26.6 Å². The number of aryl methyl sites for hydroxylation is 3. The molecule has 2 N–H and O–H groups in total. The number of carbonyl (C=O) groups excluding carboxylic acids is 2. The Hall–Kier alpha value is -3.74. The molecule has 1 aromatic heterocycles. The Morgan fingerprint density at radius 2 is 1.81 bits per heavy atom. The number of halogens is 1. The van der Waals surface area contributed by atoms with Crippen molar-refractivity contribution < 1.29 is 18.4 Å². The van der Waals surface area contributed by atoms with Crippen molar-refractivity contribution >= 4 is 23.2 Å². The highest BCUT2D eigenvalue weighted by Gasteiger charge is 2.28. The second-order valence-corrected chi connectivity index (χ2v) is 7.96. The molecule has 1 heterocycles. The van der Waals surface area contributed by atoms with Crippen LogP contribution >= 0.6 is 0 Å². The van der Waals surface area contributed by atoms with Crippen LogP contribution in [0.2, 0.25) is 0 Å². The minimum atomic E-state index is -0.628. The molecule has 1 aliphatic rings. The van der Waals surface area contributed by atoms with E-state index in [1.165, 1.54) is 18.2 Å². The Morgan fingerprint density at radius 1 is 1.03 bits per heavy atom. The maximum absolute atomic E-state index is 13.9. The Morgan fingerprint density at radius 3 is 2.56 bits per heavy atom. The molecule has 164 valence electrons. The van der Waals surface area contributed by atoms with Gasteiger partial charge in [0.15, 0.2) is 5.76 Å². The largest absolute Gasteiger partial charge is 0.455 e. The summed E-state index contributed by atoms with van der Waals surface area (Å²) in [6.07, 6.45) is 2.06. The van der Waals surface area contributed by atoms with E-state index in [9.17, 15) is 14.0 Å². The van der Waals surface area contributed by atoms with Crippen LogP contribution in [-0.2, 0) is 6.42 Å². The molecule has 0 fully saturated rings. The first kappa shape index (κ1) is 21.5. The number of hydrazone groups is 1. The predicted octanol–water partition coefficient (Wildman–Crippen LogP) is 5.07. The number of furan rings is 1. The number of hydrogen-bond donors (Lipinski definition) is 2. The van der Waals surface area contributed by atoms with Gasteiger partial charge in [0.2, 0.25) is 0 Å². The summed E-state index contributed by atoms with van der Waals surface area (Å²) in [5.74, 6) is -0.682. The summed E-state index contributed by atoms with van der Waals surface area (Å²) in [5.41, 5.74) is 7.17. The number of carbonyl (C=O) groups is 2. The SMILES string of the molecule is Cc1ccc(NC(=O)c2oc3c(c2C)/C(=N/NC(=O)c2ccccc2F)CCC3)c(C)c1. The standard InChI is InChI=1S/C25H24FN3O3/c1-14-11-12-19(15(2)13-14)27-25(31)23-16(3)22-20(9-6-10-21(22)32-23)28-29-24(30)17-7-4-5-8-18(17)26/h4-5,7-8,11-13H,6,9-10H2,1-3H3,(H,27,31)(H,29,30)/b28-20+. The van der Waals surface area contributed by atoms with Crippen molar-refractivity contribution in [1.82, 2.24) is 5.43 Å². The highest BCUT2D eigenvalue weighted by molar-refractivity contribution is 6.09. The fourth-order valence-corrected chi connectivity index (χ4v) is 3.95. The summed E-state index contributed by atoms with van der Waals surface area (Å²) in [6.45, 7) is 5.74. The van der Waals surface area contributed by atoms with Crippen molar-refractivity contribution in [3.63, 3.8) is 0 Å². The van der Waals surface area contributed by atoms with Gasteiger partial charge in [-0.2, -0.15) is 5.10 Å². The second kappa shape index (κ2) is 8.78. The summed E-state index contributed by atoms with van der Waals surface area (Å²) in [7, 11) is 0. The van der Waals surface area contributed by atoms with Crippen molar-refractivity contribution in [2.24, 2.45) is 5.10 Å². The van der Waals surface area contributed by atoms with Crippen LogP contribution in [-0.4, -0.2) is 17.5 Å². The molecule has 0 radical (unpaired) electrons. The van der Waals surface area contributed by atoms with Gasteiger partial charge in [0.1, 0.15) is 11.6 Å². The van der Waals surface area contributed by atoms with Crippen LogP contribution in [0.4, 0.5) is 10.1 Å². The van der Waals surface area contributed by atoms with Crippen LogP contribution < -0.4 is 10.7 Å². The van der Waals surface area contributed by atoms with Crippen LogP contribution in [0.5, 0.6) is 0 Å². The first-order valence-electron chi connectivity index (χ1n) is 10.5. The summed E-state index contributed by atoms with van der Waals surface area (Å²) < 4.78 is 19.8. The zero-order valence-electron chi connectivity index (χ0n) is 18.2. The van der Waals surface area contributed by atoms with E-state index >= 15 is 0 Å². The normalized spacial score (nSPS) is 14.2. The molecule has 3 aromatic rings. The van der Waals surface area contributed by atoms with E-state index in [0.29, 0.717) is 29.9 Å². The van der Waals surface area contributed by atoms with Gasteiger partial charge in [-0.1, -0.05) is 29.8 Å². The quantitative estimate of drug-likeness (QED) is 0.564. The van der Waals surface area contributed by atoms with E-state index in [0.717, 1.165) is 28.8 Å². The van der Waals surface area contributed by atoms with Crippen molar-refractivity contribution in [1.29, 1.82) is 0 Å². The molecular formula is C25H24FN3O3. The predicted molar refractivity (Wildman–Crippen MR) is 121 cm³/mol. The third-order valence-corrected chi connectivity index (χ3v) is 5.57. The Kier molecular flexibility index (Phi) is 5.90. The zero-order chi connectivity index (χ0) is 22.8. The van der Waals surface area contributed by atoms with Crippen molar-refractivity contribution in [2.45, 2.75) is 40.0 Å². The molecular weight excluding hydrogens is 409 g/mol. The highest BCUT2D eigenvalue weighted by Crippen LogP contribution is 2.30. The van der Waals surface area contributed by atoms with Gasteiger partial charge in [0.25, 0.3) is 11.8 Å². The van der Waals surface area contributed by atoms with E-state index in [-0.39, 0.29) is 17.2 Å². The molecule has 0 unspecified atom stereocenters. The lowest BCUT2D eigenvalue weighted by Crippen LogP contribution is -2.23. The van der Waals surface area contributed by atoms with Crippen LogP contribution in [0.1, 0.15) is 61.8 Å². The minimum absolute atomic E-state index is 0.0784. The molecule has 0 saturated heterocycles. The molecule has 2 aromatic carbocycles. The van der Waals surface area contributed by atoms with Gasteiger partial charge < -0.3 is 9.73 Å². The Bertz CT molecular complexity index is 1240. The number of anilines is 1. The Balaban J connectivity index is 1.58. The van der Waals surface area contributed by atoms with E-state index < -0.39 is 11.7 Å². The number of nitrogens with one attached hydrogen (secondary N) is 2. The molecule has 0 atom stereocenters. The summed E-state index contributed by atoms with van der Waals surface area (Å²) in [4.78, 5) is 25.3. The average molecular weight is 433 g/mol. The molecule has 1 aliphatic carbocycles. The fourth-order valence-electron chi connectivity index (χ4n) is 3.95. The molecule has 0 aliphatic heterocycles. The lowest BCUT2D eigenvalue weighted by molar-refractivity contribution is 0.0949. The van der Waals surface area contributed by atoms with Gasteiger partial charge >= 0.3 is 0 Å². The molecule has 0 bridgehead atoms. The molecule has 2 amide bonds. The van der Waals surface area contributed by atoms with Gasteiger partial charge in [0.05, 0.1) is 11.3 Å². The van der Waals surface area contributed by atoms with Gasteiger partial charge in [-0.3, -0.25) is 9.59 Å². The van der Waals surface area contributed by atoms with Crippen molar-refractivity contribution in [3.8, 4) is 0 Å². The van der Waals surface area contributed by atoms with E-state index in [1.807, 2.05) is 32.0 Å². The fraction of sp³-hybridized carbons (Fsp3) is 0.240. The molecule has 6 nitrogen and oxygen atoms in total. The van der Waals surface area contributed by atoms with Crippen LogP contribution in [0.15, 0.2) is 52.0 Å². The van der Waals surface area contributed by atoms with Gasteiger partial charge in [-0.05, 0) is 57.4 Å². The lowest BCUT2D eigenvalue weighted by atomic mass is 9.93. The monoisotopic (exact) mass is 433 g/mol. The summed E-state index contributed by atoms with van der Waals surface area (Å²) in [6, 6.07) is 11.5. The number of benzene rings is 2. The first-order valence-corrected chi connectivity index (χ1v) is 10.5. The smallest absolute Gasteiger partial charge is 0.291 e. The number of fused-ring (bicyclic) bond motifs is 1. The maximum Gasteiger partial charge on any atom is 0.291 e. The maximum atomic E-state index is 13.9. The molecule has 4 rings (SSSR count). The highest BCUT2D eigenvalue weighted by atomic mass is 19.1. The minimum Gasteiger partial charge on any atom is -0.455 e. The topological polar surface area (TPSA) is 83.7 Å². The third kappa shape index (κ3) is 4.19. The van der Waals surface area contributed by atoms with Gasteiger partial charge in [-0.25, -0.2) is 9.82 Å². The van der Waals surface area contributed by atoms with Crippen LogP contribution in [0.25, 0.3) is 0 Å². The van der Waals surface area contributed by atoms with E-state index in [1.54, 1.807) is 13.0 Å². The summed E-state index contributed by atoms with van der Waals surface area (Å²) >= 11 is 0. The second-order valence-electron chi connectivity index (χ2n) is 7.96. The number of nitrogens with zero attached hydrogens (tertiary/aromatic N) is 1. The van der Waals surface area contributed by atoms with Crippen molar-refractivity contribution in [3.05, 3.63) is 87.6 Å². The Labute approximate surface area is 185 Å². The lowest BCUT2D eigenvalue weighted by Gasteiger charge is -2.13.